The number of hydrogen-bond acceptors (Lipinski definition) is 7. The number of carbonyl (C=O) groups excluding carboxylic acids is 2. The first-order valence-corrected chi connectivity index (χ1v) is 12.7. The Morgan fingerprint density at radius 1 is 1.09 bits per heavy atom. The molecule has 0 unspecified atom stereocenters. The molecule has 1 aliphatic rings. The van der Waals surface area contributed by atoms with Gasteiger partial charge in [-0.15, -0.1) is 10.2 Å². The van der Waals surface area contributed by atoms with Gasteiger partial charge in [0.05, 0.1) is 24.6 Å². The van der Waals surface area contributed by atoms with E-state index in [1.807, 2.05) is 0 Å². The molecule has 0 radical (unpaired) electrons. The molecule has 1 heterocycles. The highest BCUT2D eigenvalue weighted by Crippen LogP contribution is 2.35. The maximum Gasteiger partial charge on any atom is 0.337 e. The molecule has 1 fully saturated rings. The zero-order chi connectivity index (χ0) is 24.6. The van der Waals surface area contributed by atoms with Crippen molar-refractivity contribution in [3.05, 3.63) is 65.2 Å². The van der Waals surface area contributed by atoms with Gasteiger partial charge in [-0.1, -0.05) is 73.0 Å². The lowest BCUT2D eigenvalue weighted by molar-refractivity contribution is -0.118. The molecule has 35 heavy (non-hydrogen) atoms. The number of amides is 1. The average molecular weight is 492 g/mol. The monoisotopic (exact) mass is 491 g/mol. The zero-order valence-corrected chi connectivity index (χ0v) is 20.8. The SMILES string of the molecule is COC(=O)c1ccc(/C=N\NC(=O)CSc2nnc(-c3ccc(C)cc3)n2C2CCCCC2)cc1. The first kappa shape index (κ1) is 24.7. The number of nitrogens with zero attached hydrogens (tertiary/aromatic N) is 4. The van der Waals surface area contributed by atoms with Crippen LogP contribution >= 0.6 is 11.8 Å². The summed E-state index contributed by atoms with van der Waals surface area (Å²) in [5.41, 5.74) is 6.00. The van der Waals surface area contributed by atoms with Crippen molar-refractivity contribution in [2.24, 2.45) is 5.10 Å². The minimum Gasteiger partial charge on any atom is -0.465 e. The molecular weight excluding hydrogens is 462 g/mol. The maximum atomic E-state index is 12.4. The molecule has 0 atom stereocenters. The Balaban J connectivity index is 1.40. The predicted molar refractivity (Wildman–Crippen MR) is 137 cm³/mol. The molecular formula is C26H29N5O3S. The van der Waals surface area contributed by atoms with Gasteiger partial charge >= 0.3 is 5.97 Å². The van der Waals surface area contributed by atoms with Gasteiger partial charge in [0.2, 0.25) is 0 Å². The second kappa shape index (κ2) is 11.8. The Labute approximate surface area is 209 Å². The van der Waals surface area contributed by atoms with Crippen molar-refractivity contribution in [3.63, 3.8) is 0 Å². The van der Waals surface area contributed by atoms with Crippen LogP contribution in [0.15, 0.2) is 58.8 Å². The van der Waals surface area contributed by atoms with Crippen molar-refractivity contribution >= 4 is 29.9 Å². The minimum absolute atomic E-state index is 0.178. The number of esters is 1. The van der Waals surface area contributed by atoms with Crippen LogP contribution in [-0.2, 0) is 9.53 Å². The molecule has 1 saturated carbocycles. The summed E-state index contributed by atoms with van der Waals surface area (Å²) >= 11 is 1.37. The average Bonchev–Trinajstić information content (AvgIpc) is 3.32. The van der Waals surface area contributed by atoms with Crippen molar-refractivity contribution in [2.45, 2.75) is 50.2 Å². The molecule has 1 aromatic heterocycles. The van der Waals surface area contributed by atoms with E-state index < -0.39 is 5.97 Å². The highest BCUT2D eigenvalue weighted by molar-refractivity contribution is 7.99. The normalized spacial score (nSPS) is 14.2. The van der Waals surface area contributed by atoms with Gasteiger partial charge in [0.1, 0.15) is 0 Å². The Morgan fingerprint density at radius 3 is 2.49 bits per heavy atom. The van der Waals surface area contributed by atoms with Gasteiger partial charge in [0.15, 0.2) is 11.0 Å². The number of thioether (sulfide) groups is 1. The number of carbonyl (C=O) groups is 2. The van der Waals surface area contributed by atoms with Crippen molar-refractivity contribution in [1.82, 2.24) is 20.2 Å². The third-order valence-electron chi connectivity index (χ3n) is 5.98. The Bertz CT molecular complexity index is 1180. The summed E-state index contributed by atoms with van der Waals surface area (Å²) in [5.74, 6) is 0.406. The largest absolute Gasteiger partial charge is 0.465 e. The first-order chi connectivity index (χ1) is 17.0. The van der Waals surface area contributed by atoms with Crippen molar-refractivity contribution in [2.75, 3.05) is 12.9 Å². The van der Waals surface area contributed by atoms with E-state index in [1.54, 1.807) is 24.3 Å². The Morgan fingerprint density at radius 2 is 1.80 bits per heavy atom. The molecule has 0 aliphatic heterocycles. The van der Waals surface area contributed by atoms with E-state index in [0.29, 0.717) is 11.6 Å². The molecule has 0 spiro atoms. The lowest BCUT2D eigenvalue weighted by atomic mass is 9.95. The minimum atomic E-state index is -0.398. The van der Waals surface area contributed by atoms with Crippen LogP contribution in [0.4, 0.5) is 0 Å². The number of hydrogen-bond donors (Lipinski definition) is 1. The van der Waals surface area contributed by atoms with Gasteiger partial charge < -0.3 is 4.74 Å². The van der Waals surface area contributed by atoms with Crippen LogP contribution < -0.4 is 5.43 Å². The summed E-state index contributed by atoms with van der Waals surface area (Å²) in [6, 6.07) is 15.4. The molecule has 1 amide bonds. The maximum absolute atomic E-state index is 12.4. The number of benzene rings is 2. The van der Waals surface area contributed by atoms with Crippen LogP contribution in [0.5, 0.6) is 0 Å². The van der Waals surface area contributed by atoms with Gasteiger partial charge in [-0.3, -0.25) is 9.36 Å². The van der Waals surface area contributed by atoms with E-state index >= 15 is 0 Å². The number of aryl methyl sites for hydroxylation is 1. The van der Waals surface area contributed by atoms with E-state index in [2.05, 4.69) is 61.2 Å². The van der Waals surface area contributed by atoms with Crippen LogP contribution in [0.1, 0.15) is 59.6 Å². The quantitative estimate of drug-likeness (QED) is 0.211. The number of rotatable bonds is 8. The number of methoxy groups -OCH3 is 1. The summed E-state index contributed by atoms with van der Waals surface area (Å²) < 4.78 is 6.90. The molecule has 0 bridgehead atoms. The van der Waals surface area contributed by atoms with Gasteiger partial charge in [-0.2, -0.15) is 5.10 Å². The van der Waals surface area contributed by atoms with Crippen LogP contribution in [0, 0.1) is 6.92 Å². The van der Waals surface area contributed by atoms with Crippen molar-refractivity contribution < 1.29 is 14.3 Å². The van der Waals surface area contributed by atoms with Gasteiger partial charge in [0, 0.05) is 11.6 Å². The summed E-state index contributed by atoms with van der Waals surface area (Å²) in [7, 11) is 1.34. The zero-order valence-electron chi connectivity index (χ0n) is 19.9. The van der Waals surface area contributed by atoms with Gasteiger partial charge in [-0.25, -0.2) is 10.2 Å². The molecule has 9 heteroatoms. The number of aromatic nitrogens is 3. The third kappa shape index (κ3) is 6.36. The van der Waals surface area contributed by atoms with E-state index in [-0.39, 0.29) is 11.7 Å². The topological polar surface area (TPSA) is 98.5 Å². The van der Waals surface area contributed by atoms with Crippen LogP contribution in [0.25, 0.3) is 11.4 Å². The van der Waals surface area contributed by atoms with Gasteiger partial charge in [0.25, 0.3) is 5.91 Å². The van der Waals surface area contributed by atoms with E-state index in [1.165, 1.54) is 49.9 Å². The van der Waals surface area contributed by atoms with E-state index in [0.717, 1.165) is 34.9 Å². The second-order valence-electron chi connectivity index (χ2n) is 8.53. The van der Waals surface area contributed by atoms with E-state index in [9.17, 15) is 9.59 Å². The summed E-state index contributed by atoms with van der Waals surface area (Å²) in [6.07, 6.45) is 7.36. The number of hydrazone groups is 1. The van der Waals surface area contributed by atoms with Crippen LogP contribution in [-0.4, -0.2) is 45.7 Å². The highest BCUT2D eigenvalue weighted by Gasteiger charge is 2.24. The molecule has 4 rings (SSSR count). The van der Waals surface area contributed by atoms with Crippen LogP contribution in [0.3, 0.4) is 0 Å². The fourth-order valence-electron chi connectivity index (χ4n) is 4.11. The Hall–Kier alpha value is -3.46. The van der Waals surface area contributed by atoms with Crippen molar-refractivity contribution in [1.29, 1.82) is 0 Å². The molecule has 0 saturated heterocycles. The molecule has 1 N–H and O–H groups in total. The number of nitrogens with one attached hydrogen (secondary N) is 1. The first-order valence-electron chi connectivity index (χ1n) is 11.7. The fraction of sp³-hybridized carbons (Fsp3) is 0.346. The highest BCUT2D eigenvalue weighted by atomic mass is 32.2. The predicted octanol–water partition coefficient (Wildman–Crippen LogP) is 4.79. The van der Waals surface area contributed by atoms with Gasteiger partial charge in [-0.05, 0) is 37.5 Å². The number of ether oxygens (including phenoxy) is 1. The molecule has 1 aliphatic carbocycles. The lowest BCUT2D eigenvalue weighted by Crippen LogP contribution is -2.20. The molecule has 182 valence electrons. The summed E-state index contributed by atoms with van der Waals surface area (Å²) in [6.45, 7) is 2.06. The molecule has 2 aromatic carbocycles. The second-order valence-corrected chi connectivity index (χ2v) is 9.47. The summed E-state index contributed by atoms with van der Waals surface area (Å²) in [5, 5.41) is 13.7. The smallest absolute Gasteiger partial charge is 0.337 e. The molecule has 8 nitrogen and oxygen atoms in total. The van der Waals surface area contributed by atoms with Crippen LogP contribution in [0.2, 0.25) is 0 Å². The standard InChI is InChI=1S/C26H29N5O3S/c1-18-8-12-20(13-9-18)24-29-30-26(31(24)22-6-4-3-5-7-22)35-17-23(32)28-27-16-19-10-14-21(15-11-19)25(33)34-2/h8-16,22H,3-7,17H2,1-2H3,(H,28,32)/b27-16-. The fourth-order valence-corrected chi connectivity index (χ4v) is 4.91. The molecule has 3 aromatic rings. The summed E-state index contributed by atoms with van der Waals surface area (Å²) in [4.78, 5) is 23.9. The van der Waals surface area contributed by atoms with E-state index in [4.69, 9.17) is 0 Å². The Kier molecular flexibility index (Phi) is 8.31. The van der Waals surface area contributed by atoms with Crippen molar-refractivity contribution in [3.8, 4) is 11.4 Å². The lowest BCUT2D eigenvalue weighted by Gasteiger charge is -2.25. The third-order valence-corrected chi connectivity index (χ3v) is 6.92.